The van der Waals surface area contributed by atoms with E-state index in [0.29, 0.717) is 6.54 Å². The average Bonchev–Trinajstić information content (AvgIpc) is 2.53. The van der Waals surface area contributed by atoms with Crippen LogP contribution in [-0.4, -0.2) is 11.0 Å². The molecule has 2 aromatic rings. The number of aryl methyl sites for hydroxylation is 1. The van der Waals surface area contributed by atoms with Gasteiger partial charge in [0.05, 0.1) is 6.61 Å². The fraction of sp³-hybridized carbons (Fsp3) is 0.235. The summed E-state index contributed by atoms with van der Waals surface area (Å²) in [4.78, 5) is 12.2. The number of benzene rings is 2. The van der Waals surface area contributed by atoms with Crippen LogP contribution in [0, 0.1) is 0 Å². The molecule has 0 bridgehead atoms. The van der Waals surface area contributed by atoms with Crippen molar-refractivity contribution >= 4 is 5.91 Å². The first-order chi connectivity index (χ1) is 9.74. The molecule has 0 radical (unpaired) electrons. The Balaban J connectivity index is 2.01. The fourth-order valence-electron chi connectivity index (χ4n) is 2.09. The van der Waals surface area contributed by atoms with Gasteiger partial charge in [0.2, 0.25) is 0 Å². The lowest BCUT2D eigenvalue weighted by Crippen LogP contribution is -2.23. The first-order valence-corrected chi connectivity index (χ1v) is 6.79. The van der Waals surface area contributed by atoms with E-state index in [1.807, 2.05) is 55.5 Å². The topological polar surface area (TPSA) is 49.3 Å². The zero-order chi connectivity index (χ0) is 14.4. The summed E-state index contributed by atoms with van der Waals surface area (Å²) in [7, 11) is 0. The van der Waals surface area contributed by atoms with Crippen LogP contribution in [0.3, 0.4) is 0 Å². The van der Waals surface area contributed by atoms with Crippen LogP contribution in [-0.2, 0) is 19.6 Å². The Labute approximate surface area is 119 Å². The van der Waals surface area contributed by atoms with Crippen LogP contribution >= 0.6 is 0 Å². The zero-order valence-corrected chi connectivity index (χ0v) is 11.6. The van der Waals surface area contributed by atoms with Crippen LogP contribution < -0.4 is 5.32 Å². The van der Waals surface area contributed by atoms with Crippen molar-refractivity contribution in [1.29, 1.82) is 0 Å². The molecule has 0 aliphatic rings. The summed E-state index contributed by atoms with van der Waals surface area (Å²) < 4.78 is 0. The Kier molecular flexibility index (Phi) is 4.91. The molecule has 2 aromatic carbocycles. The van der Waals surface area contributed by atoms with Crippen molar-refractivity contribution in [2.75, 3.05) is 0 Å². The van der Waals surface area contributed by atoms with Crippen LogP contribution in [0.4, 0.5) is 0 Å². The minimum Gasteiger partial charge on any atom is -0.392 e. The minimum atomic E-state index is -0.0475. The quantitative estimate of drug-likeness (QED) is 0.876. The van der Waals surface area contributed by atoms with Gasteiger partial charge in [-0.3, -0.25) is 4.79 Å². The maximum atomic E-state index is 12.2. The van der Waals surface area contributed by atoms with E-state index < -0.39 is 0 Å². The molecule has 104 valence electrons. The second kappa shape index (κ2) is 6.87. The van der Waals surface area contributed by atoms with Crippen LogP contribution in [0.5, 0.6) is 0 Å². The van der Waals surface area contributed by atoms with E-state index in [-0.39, 0.29) is 12.5 Å². The fourth-order valence-corrected chi connectivity index (χ4v) is 2.09. The van der Waals surface area contributed by atoms with Crippen molar-refractivity contribution < 1.29 is 9.90 Å². The molecule has 0 saturated heterocycles. The van der Waals surface area contributed by atoms with E-state index in [9.17, 15) is 4.79 Å². The third kappa shape index (κ3) is 3.45. The molecule has 20 heavy (non-hydrogen) atoms. The van der Waals surface area contributed by atoms with Gasteiger partial charge in [0.25, 0.3) is 5.91 Å². The Morgan fingerprint density at radius 2 is 1.70 bits per heavy atom. The van der Waals surface area contributed by atoms with Crippen molar-refractivity contribution in [3.05, 3.63) is 70.8 Å². The SMILES string of the molecule is CCc1ccccc1C(=O)NCc1ccc(CO)cc1. The summed E-state index contributed by atoms with van der Waals surface area (Å²) in [6.45, 7) is 2.57. The number of carbonyl (C=O) groups is 1. The lowest BCUT2D eigenvalue weighted by Gasteiger charge is -2.09. The monoisotopic (exact) mass is 269 g/mol. The maximum absolute atomic E-state index is 12.2. The number of nitrogens with one attached hydrogen (secondary N) is 1. The van der Waals surface area contributed by atoms with Gasteiger partial charge in [-0.05, 0) is 29.2 Å². The lowest BCUT2D eigenvalue weighted by molar-refractivity contribution is 0.0950. The minimum absolute atomic E-state index is 0.0382. The Morgan fingerprint density at radius 3 is 2.35 bits per heavy atom. The van der Waals surface area contributed by atoms with Crippen molar-refractivity contribution in [2.45, 2.75) is 26.5 Å². The third-order valence-corrected chi connectivity index (χ3v) is 3.30. The number of amides is 1. The molecular weight excluding hydrogens is 250 g/mol. The van der Waals surface area contributed by atoms with Crippen molar-refractivity contribution in [3.63, 3.8) is 0 Å². The summed E-state index contributed by atoms with van der Waals surface area (Å²) in [5.74, 6) is -0.0475. The van der Waals surface area contributed by atoms with Gasteiger partial charge in [0.1, 0.15) is 0 Å². The molecular formula is C17H19NO2. The molecule has 2 rings (SSSR count). The molecule has 3 nitrogen and oxygen atoms in total. The molecule has 0 spiro atoms. The van der Waals surface area contributed by atoms with E-state index in [0.717, 1.165) is 28.7 Å². The van der Waals surface area contributed by atoms with Crippen LogP contribution in [0.2, 0.25) is 0 Å². The molecule has 0 aliphatic heterocycles. The molecule has 0 unspecified atom stereocenters. The Bertz CT molecular complexity index is 576. The number of hydrogen-bond donors (Lipinski definition) is 2. The molecule has 0 aromatic heterocycles. The number of aliphatic hydroxyl groups excluding tert-OH is 1. The van der Waals surface area contributed by atoms with Crippen molar-refractivity contribution in [2.24, 2.45) is 0 Å². The van der Waals surface area contributed by atoms with Gasteiger partial charge in [-0.15, -0.1) is 0 Å². The predicted molar refractivity (Wildman–Crippen MR) is 79.4 cm³/mol. The molecule has 3 heteroatoms. The maximum Gasteiger partial charge on any atom is 0.251 e. The highest BCUT2D eigenvalue weighted by Crippen LogP contribution is 2.10. The number of carbonyl (C=O) groups excluding carboxylic acids is 1. The lowest BCUT2D eigenvalue weighted by atomic mass is 10.0. The summed E-state index contributed by atoms with van der Waals surface area (Å²) in [5, 5.41) is 11.9. The second-order valence-corrected chi connectivity index (χ2v) is 4.67. The van der Waals surface area contributed by atoms with Crippen LogP contribution in [0.25, 0.3) is 0 Å². The highest BCUT2D eigenvalue weighted by atomic mass is 16.3. The van der Waals surface area contributed by atoms with Crippen LogP contribution in [0.15, 0.2) is 48.5 Å². The van der Waals surface area contributed by atoms with E-state index >= 15 is 0 Å². The second-order valence-electron chi connectivity index (χ2n) is 4.67. The van der Waals surface area contributed by atoms with Gasteiger partial charge in [-0.1, -0.05) is 49.4 Å². The molecule has 2 N–H and O–H groups in total. The first-order valence-electron chi connectivity index (χ1n) is 6.79. The predicted octanol–water partition coefficient (Wildman–Crippen LogP) is 2.67. The standard InChI is InChI=1S/C17H19NO2/c1-2-15-5-3-4-6-16(15)17(20)18-11-13-7-9-14(12-19)10-8-13/h3-10,19H,2,11-12H2,1H3,(H,18,20). The summed E-state index contributed by atoms with van der Waals surface area (Å²) >= 11 is 0. The van der Waals surface area contributed by atoms with Gasteiger partial charge in [0.15, 0.2) is 0 Å². The summed E-state index contributed by atoms with van der Waals surface area (Å²) in [6.07, 6.45) is 0.842. The highest BCUT2D eigenvalue weighted by Gasteiger charge is 2.08. The van der Waals surface area contributed by atoms with Crippen molar-refractivity contribution in [1.82, 2.24) is 5.32 Å². The Morgan fingerprint density at radius 1 is 1.05 bits per heavy atom. The first kappa shape index (κ1) is 14.3. The normalized spacial score (nSPS) is 10.3. The van der Waals surface area contributed by atoms with Gasteiger partial charge in [-0.25, -0.2) is 0 Å². The summed E-state index contributed by atoms with van der Waals surface area (Å²) in [6, 6.07) is 15.2. The highest BCUT2D eigenvalue weighted by molar-refractivity contribution is 5.95. The Hall–Kier alpha value is -2.13. The van der Waals surface area contributed by atoms with E-state index in [4.69, 9.17) is 5.11 Å². The van der Waals surface area contributed by atoms with E-state index in [2.05, 4.69) is 5.32 Å². The third-order valence-electron chi connectivity index (χ3n) is 3.30. The molecule has 0 fully saturated rings. The number of aliphatic hydroxyl groups is 1. The molecule has 0 heterocycles. The largest absolute Gasteiger partial charge is 0.392 e. The van der Waals surface area contributed by atoms with E-state index in [1.54, 1.807) is 0 Å². The molecule has 0 saturated carbocycles. The van der Waals surface area contributed by atoms with Gasteiger partial charge < -0.3 is 10.4 Å². The number of hydrogen-bond acceptors (Lipinski definition) is 2. The average molecular weight is 269 g/mol. The van der Waals surface area contributed by atoms with E-state index in [1.165, 1.54) is 0 Å². The van der Waals surface area contributed by atoms with Gasteiger partial charge in [-0.2, -0.15) is 0 Å². The molecule has 0 aliphatic carbocycles. The smallest absolute Gasteiger partial charge is 0.251 e. The summed E-state index contributed by atoms with van der Waals surface area (Å²) in [5.41, 5.74) is 3.68. The zero-order valence-electron chi connectivity index (χ0n) is 11.6. The van der Waals surface area contributed by atoms with Crippen molar-refractivity contribution in [3.8, 4) is 0 Å². The number of rotatable bonds is 5. The van der Waals surface area contributed by atoms with Crippen LogP contribution in [0.1, 0.15) is 34.0 Å². The molecule has 1 amide bonds. The van der Waals surface area contributed by atoms with Gasteiger partial charge in [0, 0.05) is 12.1 Å². The van der Waals surface area contributed by atoms with Gasteiger partial charge >= 0.3 is 0 Å². The molecule has 0 atom stereocenters.